The molecule has 0 unspecified atom stereocenters. The highest BCUT2D eigenvalue weighted by atomic mass is 16.6. The third-order valence-electron chi connectivity index (χ3n) is 6.19. The number of nitrogens with zero attached hydrogens (tertiary/aromatic N) is 1. The summed E-state index contributed by atoms with van der Waals surface area (Å²) in [6, 6.07) is 4.70. The molecule has 0 saturated heterocycles. The molecule has 1 atom stereocenters. The summed E-state index contributed by atoms with van der Waals surface area (Å²) in [6.07, 6.45) is 5.90. The zero-order valence-electron chi connectivity index (χ0n) is 14.9. The van der Waals surface area contributed by atoms with E-state index in [2.05, 4.69) is 24.0 Å². The van der Waals surface area contributed by atoms with Gasteiger partial charge in [0.15, 0.2) is 11.5 Å². The number of carboxylic acids is 1. The van der Waals surface area contributed by atoms with Crippen LogP contribution in [0.3, 0.4) is 0 Å². The van der Waals surface area contributed by atoms with Crippen LogP contribution in [0.25, 0.3) is 0 Å². The van der Waals surface area contributed by atoms with Crippen molar-refractivity contribution in [2.45, 2.75) is 56.9 Å². The molecule has 0 amide bonds. The fraction of sp³-hybridized carbons (Fsp3) is 0.650. The second kappa shape index (κ2) is 6.52. The molecule has 1 saturated carbocycles. The Morgan fingerprint density at radius 2 is 1.92 bits per heavy atom. The Morgan fingerprint density at radius 1 is 1.24 bits per heavy atom. The van der Waals surface area contributed by atoms with Crippen molar-refractivity contribution in [1.29, 1.82) is 0 Å². The molecule has 25 heavy (non-hydrogen) atoms. The first-order valence-corrected chi connectivity index (χ1v) is 9.49. The molecular weight excluding hydrogens is 318 g/mol. The first-order valence-electron chi connectivity index (χ1n) is 9.49. The van der Waals surface area contributed by atoms with E-state index in [9.17, 15) is 4.79 Å². The number of hydrogen-bond acceptors (Lipinski definition) is 4. The van der Waals surface area contributed by atoms with Crippen molar-refractivity contribution >= 4 is 5.97 Å². The van der Waals surface area contributed by atoms with E-state index in [1.165, 1.54) is 36.8 Å². The molecule has 1 aromatic carbocycles. The quantitative estimate of drug-likeness (QED) is 0.905. The molecule has 1 spiro atoms. The van der Waals surface area contributed by atoms with Gasteiger partial charge < -0.3 is 14.6 Å². The molecule has 4 rings (SSSR count). The molecule has 0 bridgehead atoms. The summed E-state index contributed by atoms with van der Waals surface area (Å²) in [4.78, 5) is 13.4. The number of aliphatic carboxylic acids is 1. The van der Waals surface area contributed by atoms with Crippen molar-refractivity contribution in [1.82, 2.24) is 4.90 Å². The molecule has 2 aliphatic heterocycles. The van der Waals surface area contributed by atoms with Crippen LogP contribution in [-0.2, 0) is 10.2 Å². The molecule has 1 fully saturated rings. The first-order chi connectivity index (χ1) is 12.1. The second-order valence-electron chi connectivity index (χ2n) is 7.71. The predicted molar refractivity (Wildman–Crippen MR) is 94.4 cm³/mol. The maximum Gasteiger partial charge on any atom is 0.303 e. The maximum atomic E-state index is 10.9. The minimum Gasteiger partial charge on any atom is -0.486 e. The lowest BCUT2D eigenvalue weighted by atomic mass is 9.71. The van der Waals surface area contributed by atoms with E-state index < -0.39 is 5.97 Å². The van der Waals surface area contributed by atoms with Crippen molar-refractivity contribution in [3.63, 3.8) is 0 Å². The van der Waals surface area contributed by atoms with Crippen LogP contribution in [0.4, 0.5) is 0 Å². The van der Waals surface area contributed by atoms with Gasteiger partial charge in [0.25, 0.3) is 0 Å². The minimum absolute atomic E-state index is 0.195. The molecule has 5 nitrogen and oxygen atoms in total. The average Bonchev–Trinajstić information content (AvgIpc) is 3.07. The van der Waals surface area contributed by atoms with Crippen molar-refractivity contribution in [2.75, 3.05) is 26.3 Å². The van der Waals surface area contributed by atoms with E-state index in [1.807, 2.05) is 0 Å². The van der Waals surface area contributed by atoms with Crippen molar-refractivity contribution in [3.8, 4) is 11.5 Å². The van der Waals surface area contributed by atoms with Gasteiger partial charge in [0, 0.05) is 24.4 Å². The van der Waals surface area contributed by atoms with E-state index in [-0.39, 0.29) is 17.9 Å². The SMILES string of the molecule is C[C@H]1c2cc3c(cc2C2(CCCC2)CN1CCCC(=O)O)OCCO3. The van der Waals surface area contributed by atoms with Gasteiger partial charge >= 0.3 is 5.97 Å². The van der Waals surface area contributed by atoms with E-state index >= 15 is 0 Å². The summed E-state index contributed by atoms with van der Waals surface area (Å²) >= 11 is 0. The fourth-order valence-electron chi connectivity index (χ4n) is 4.90. The summed E-state index contributed by atoms with van der Waals surface area (Å²) in [7, 11) is 0. The van der Waals surface area contributed by atoms with Gasteiger partial charge in [-0.15, -0.1) is 0 Å². The Kier molecular flexibility index (Phi) is 4.36. The number of rotatable bonds is 4. The Labute approximate surface area is 148 Å². The lowest BCUT2D eigenvalue weighted by Gasteiger charge is -2.46. The van der Waals surface area contributed by atoms with Crippen LogP contribution in [0.15, 0.2) is 12.1 Å². The highest BCUT2D eigenvalue weighted by molar-refractivity contribution is 5.66. The van der Waals surface area contributed by atoms with Crippen LogP contribution in [0.2, 0.25) is 0 Å². The summed E-state index contributed by atoms with van der Waals surface area (Å²) in [5, 5.41) is 8.96. The van der Waals surface area contributed by atoms with Gasteiger partial charge in [-0.05, 0) is 56.0 Å². The molecule has 0 radical (unpaired) electrons. The van der Waals surface area contributed by atoms with Gasteiger partial charge in [-0.1, -0.05) is 12.8 Å². The topological polar surface area (TPSA) is 59.0 Å². The number of hydrogen-bond donors (Lipinski definition) is 1. The standard InChI is InChI=1S/C20H27NO4/c1-14-15-11-17-18(25-10-9-24-17)12-16(15)20(6-2-3-7-20)13-21(14)8-4-5-19(22)23/h11-12,14H,2-10,13H2,1H3,(H,22,23)/t14-/m0/s1. The van der Waals surface area contributed by atoms with Gasteiger partial charge in [0.1, 0.15) is 13.2 Å². The highest BCUT2D eigenvalue weighted by Crippen LogP contribution is 2.51. The third-order valence-corrected chi connectivity index (χ3v) is 6.19. The van der Waals surface area contributed by atoms with E-state index in [0.29, 0.717) is 19.6 Å². The van der Waals surface area contributed by atoms with Crippen LogP contribution in [-0.4, -0.2) is 42.3 Å². The van der Waals surface area contributed by atoms with Crippen molar-refractivity contribution in [3.05, 3.63) is 23.3 Å². The van der Waals surface area contributed by atoms with Gasteiger partial charge in [-0.3, -0.25) is 9.69 Å². The van der Waals surface area contributed by atoms with Crippen LogP contribution in [0.1, 0.15) is 62.6 Å². The molecule has 0 aromatic heterocycles. The predicted octanol–water partition coefficient (Wildman–Crippen LogP) is 3.51. The maximum absolute atomic E-state index is 10.9. The Balaban J connectivity index is 1.68. The molecule has 1 N–H and O–H groups in total. The number of carbonyl (C=O) groups is 1. The molecule has 1 aliphatic carbocycles. The Hall–Kier alpha value is -1.75. The zero-order valence-corrected chi connectivity index (χ0v) is 14.9. The summed E-state index contributed by atoms with van der Waals surface area (Å²) in [5.74, 6) is 1.04. The molecule has 3 aliphatic rings. The highest BCUT2D eigenvalue weighted by Gasteiger charge is 2.44. The summed E-state index contributed by atoms with van der Waals surface area (Å²) in [5.41, 5.74) is 2.98. The first kappa shape index (κ1) is 16.7. The van der Waals surface area contributed by atoms with Gasteiger partial charge in [-0.25, -0.2) is 0 Å². The average molecular weight is 345 g/mol. The number of ether oxygens (including phenoxy) is 2. The van der Waals surface area contributed by atoms with Gasteiger partial charge in [0.2, 0.25) is 0 Å². The smallest absolute Gasteiger partial charge is 0.303 e. The van der Waals surface area contributed by atoms with Crippen LogP contribution in [0.5, 0.6) is 11.5 Å². The van der Waals surface area contributed by atoms with E-state index in [0.717, 1.165) is 24.6 Å². The van der Waals surface area contributed by atoms with E-state index in [4.69, 9.17) is 14.6 Å². The fourth-order valence-corrected chi connectivity index (χ4v) is 4.90. The number of fused-ring (bicyclic) bond motifs is 3. The lowest BCUT2D eigenvalue weighted by molar-refractivity contribution is -0.137. The summed E-state index contributed by atoms with van der Waals surface area (Å²) < 4.78 is 11.7. The van der Waals surface area contributed by atoms with Crippen molar-refractivity contribution in [2.24, 2.45) is 0 Å². The molecule has 1 aromatic rings. The van der Waals surface area contributed by atoms with Gasteiger partial charge in [0.05, 0.1) is 0 Å². The third kappa shape index (κ3) is 2.99. The monoisotopic (exact) mass is 345 g/mol. The van der Waals surface area contributed by atoms with Crippen LogP contribution >= 0.6 is 0 Å². The van der Waals surface area contributed by atoms with Crippen molar-refractivity contribution < 1.29 is 19.4 Å². The van der Waals surface area contributed by atoms with Gasteiger partial charge in [-0.2, -0.15) is 0 Å². The number of carboxylic acid groups (broad SMARTS) is 1. The number of benzene rings is 1. The molecule has 136 valence electrons. The molecule has 5 heteroatoms. The lowest BCUT2D eigenvalue weighted by Crippen LogP contribution is -2.46. The van der Waals surface area contributed by atoms with E-state index in [1.54, 1.807) is 0 Å². The Bertz CT molecular complexity index is 666. The normalized spacial score (nSPS) is 24.3. The largest absolute Gasteiger partial charge is 0.486 e. The minimum atomic E-state index is -0.708. The molecular formula is C20H27NO4. The van der Waals surface area contributed by atoms with Crippen LogP contribution < -0.4 is 9.47 Å². The summed E-state index contributed by atoms with van der Waals surface area (Å²) in [6.45, 7) is 5.32. The molecule has 2 heterocycles. The van der Waals surface area contributed by atoms with Crippen LogP contribution in [0, 0.1) is 0 Å². The zero-order chi connectivity index (χ0) is 17.4. The second-order valence-corrected chi connectivity index (χ2v) is 7.71. The Morgan fingerprint density at radius 3 is 2.60 bits per heavy atom.